The molecule has 0 fully saturated rings. The summed E-state index contributed by atoms with van der Waals surface area (Å²) in [5.74, 6) is -1.19. The molecule has 0 saturated heterocycles. The lowest BCUT2D eigenvalue weighted by molar-refractivity contribution is -0.144. The first-order valence-electron chi connectivity index (χ1n) is 7.86. The van der Waals surface area contributed by atoms with E-state index in [2.05, 4.69) is 4.74 Å². The van der Waals surface area contributed by atoms with E-state index in [1.54, 1.807) is 38.1 Å². The fourth-order valence-corrected chi connectivity index (χ4v) is 1.99. The maximum Gasteiger partial charge on any atom is 0.343 e. The van der Waals surface area contributed by atoms with Crippen LogP contribution in [-0.4, -0.2) is 57.9 Å². The number of carbonyl (C=O) groups is 3. The molecule has 0 radical (unpaired) electrons. The van der Waals surface area contributed by atoms with E-state index in [0.29, 0.717) is 11.4 Å². The molecule has 0 aliphatic heterocycles. The molecule has 0 bridgehead atoms. The van der Waals surface area contributed by atoms with Gasteiger partial charge in [0.2, 0.25) is 0 Å². The molecule has 0 saturated carbocycles. The first-order chi connectivity index (χ1) is 12.0. The third-order valence-corrected chi connectivity index (χ3v) is 3.03. The Morgan fingerprint density at radius 1 is 0.920 bits per heavy atom. The first-order valence-corrected chi connectivity index (χ1v) is 7.86. The van der Waals surface area contributed by atoms with Gasteiger partial charge in [0.25, 0.3) is 0 Å². The number of benzene rings is 1. The van der Waals surface area contributed by atoms with E-state index in [1.807, 2.05) is 0 Å². The Hall–Kier alpha value is -2.77. The van der Waals surface area contributed by atoms with Crippen LogP contribution in [0.3, 0.4) is 0 Å². The summed E-state index contributed by atoms with van der Waals surface area (Å²) in [5, 5.41) is 0. The predicted molar refractivity (Wildman–Crippen MR) is 89.4 cm³/mol. The molecule has 138 valence electrons. The van der Waals surface area contributed by atoms with Crippen molar-refractivity contribution in [2.45, 2.75) is 13.8 Å². The van der Waals surface area contributed by atoms with Gasteiger partial charge >= 0.3 is 17.9 Å². The zero-order valence-electron chi connectivity index (χ0n) is 14.6. The third kappa shape index (κ3) is 7.11. The van der Waals surface area contributed by atoms with Crippen LogP contribution in [0.2, 0.25) is 0 Å². The van der Waals surface area contributed by atoms with Gasteiger partial charge in [-0.1, -0.05) is 12.1 Å². The van der Waals surface area contributed by atoms with Crippen molar-refractivity contribution in [3.8, 4) is 5.75 Å². The number of anilines is 1. The average molecular weight is 353 g/mol. The minimum atomic E-state index is -0.544. The van der Waals surface area contributed by atoms with Crippen molar-refractivity contribution >= 4 is 23.6 Å². The van der Waals surface area contributed by atoms with Crippen LogP contribution in [0.15, 0.2) is 24.3 Å². The van der Waals surface area contributed by atoms with E-state index >= 15 is 0 Å². The van der Waals surface area contributed by atoms with Crippen LogP contribution in [0.1, 0.15) is 13.8 Å². The summed E-state index contributed by atoms with van der Waals surface area (Å²) in [6.07, 6.45) is 0. The summed E-state index contributed by atoms with van der Waals surface area (Å²) in [6.45, 7) is 3.23. The Kier molecular flexibility index (Phi) is 8.84. The highest BCUT2D eigenvalue weighted by molar-refractivity contribution is 5.82. The standard InChI is InChI=1S/C17H23NO7/c1-4-23-15(19)10-18(11-16(20)24-5-2)13-8-6-7-9-14(13)25-12-17(21)22-3/h6-9H,4-5,10-12H2,1-3H3. The Bertz CT molecular complexity index is 568. The molecule has 8 nitrogen and oxygen atoms in total. The van der Waals surface area contributed by atoms with Crippen LogP contribution in [0, 0.1) is 0 Å². The van der Waals surface area contributed by atoms with Gasteiger partial charge in [0.15, 0.2) is 6.61 Å². The maximum atomic E-state index is 11.9. The van der Waals surface area contributed by atoms with Gasteiger partial charge in [0.1, 0.15) is 18.8 Å². The lowest BCUT2D eigenvalue weighted by Crippen LogP contribution is -2.36. The smallest absolute Gasteiger partial charge is 0.343 e. The Balaban J connectivity index is 3.00. The van der Waals surface area contributed by atoms with Crippen LogP contribution in [0.4, 0.5) is 5.69 Å². The van der Waals surface area contributed by atoms with Crippen molar-refractivity contribution in [1.29, 1.82) is 0 Å². The summed E-state index contributed by atoms with van der Waals surface area (Å²) in [5.41, 5.74) is 0.465. The minimum Gasteiger partial charge on any atom is -0.480 e. The quantitative estimate of drug-likeness (QED) is 0.457. The highest BCUT2D eigenvalue weighted by atomic mass is 16.6. The minimum absolute atomic E-state index is 0.161. The number of ether oxygens (including phenoxy) is 4. The molecule has 0 aliphatic carbocycles. The zero-order valence-corrected chi connectivity index (χ0v) is 14.6. The Morgan fingerprint density at radius 2 is 1.48 bits per heavy atom. The van der Waals surface area contributed by atoms with Crippen molar-refractivity contribution in [3.05, 3.63) is 24.3 Å². The van der Waals surface area contributed by atoms with Crippen molar-refractivity contribution in [2.24, 2.45) is 0 Å². The topological polar surface area (TPSA) is 91.4 Å². The van der Waals surface area contributed by atoms with Crippen molar-refractivity contribution in [3.63, 3.8) is 0 Å². The van der Waals surface area contributed by atoms with Crippen LogP contribution in [0.25, 0.3) is 0 Å². The normalized spacial score (nSPS) is 9.88. The number of para-hydroxylation sites is 2. The average Bonchev–Trinajstić information content (AvgIpc) is 2.59. The van der Waals surface area contributed by atoms with Gasteiger partial charge in [-0.15, -0.1) is 0 Å². The number of hydrogen-bond donors (Lipinski definition) is 0. The number of esters is 3. The van der Waals surface area contributed by atoms with Gasteiger partial charge in [-0.3, -0.25) is 9.59 Å². The first kappa shape index (κ1) is 20.3. The molecular weight excluding hydrogens is 330 g/mol. The van der Waals surface area contributed by atoms with Crippen LogP contribution >= 0.6 is 0 Å². The number of rotatable bonds is 10. The van der Waals surface area contributed by atoms with E-state index in [1.165, 1.54) is 12.0 Å². The Labute approximate surface area is 146 Å². The molecule has 1 rings (SSSR count). The molecule has 0 aromatic heterocycles. The van der Waals surface area contributed by atoms with E-state index < -0.39 is 17.9 Å². The number of hydrogen-bond acceptors (Lipinski definition) is 8. The van der Waals surface area contributed by atoms with Gasteiger partial charge in [-0.05, 0) is 26.0 Å². The van der Waals surface area contributed by atoms with Crippen molar-refractivity contribution < 1.29 is 33.3 Å². The fourth-order valence-electron chi connectivity index (χ4n) is 1.99. The van der Waals surface area contributed by atoms with Crippen LogP contribution in [-0.2, 0) is 28.6 Å². The fraction of sp³-hybridized carbons (Fsp3) is 0.471. The lowest BCUT2D eigenvalue weighted by Gasteiger charge is -2.24. The highest BCUT2D eigenvalue weighted by Gasteiger charge is 2.20. The largest absolute Gasteiger partial charge is 0.480 e. The van der Waals surface area contributed by atoms with Crippen molar-refractivity contribution in [1.82, 2.24) is 0 Å². The second-order valence-corrected chi connectivity index (χ2v) is 4.80. The maximum absolute atomic E-state index is 11.9. The summed E-state index contributed by atoms with van der Waals surface area (Å²) < 4.78 is 19.9. The van der Waals surface area contributed by atoms with Gasteiger partial charge in [0.05, 0.1) is 26.0 Å². The zero-order chi connectivity index (χ0) is 18.7. The van der Waals surface area contributed by atoms with Crippen LogP contribution < -0.4 is 9.64 Å². The molecule has 8 heteroatoms. The van der Waals surface area contributed by atoms with E-state index in [-0.39, 0.29) is 32.9 Å². The summed E-state index contributed by atoms with van der Waals surface area (Å²) in [6, 6.07) is 6.74. The molecule has 0 atom stereocenters. The van der Waals surface area contributed by atoms with Crippen LogP contribution in [0.5, 0.6) is 5.75 Å². The highest BCUT2D eigenvalue weighted by Crippen LogP contribution is 2.28. The number of methoxy groups -OCH3 is 1. The van der Waals surface area contributed by atoms with E-state index in [4.69, 9.17) is 14.2 Å². The molecule has 0 aliphatic rings. The van der Waals surface area contributed by atoms with E-state index in [0.717, 1.165) is 0 Å². The molecule has 0 spiro atoms. The molecule has 0 heterocycles. The SMILES string of the molecule is CCOC(=O)CN(CC(=O)OCC)c1ccccc1OCC(=O)OC. The van der Waals surface area contributed by atoms with Gasteiger partial charge in [-0.2, -0.15) is 0 Å². The summed E-state index contributed by atoms with van der Waals surface area (Å²) in [7, 11) is 1.26. The Morgan fingerprint density at radius 3 is 2.00 bits per heavy atom. The van der Waals surface area contributed by atoms with Gasteiger partial charge in [0, 0.05) is 0 Å². The summed E-state index contributed by atoms with van der Waals surface area (Å²) >= 11 is 0. The molecule has 0 unspecified atom stereocenters. The molecule has 25 heavy (non-hydrogen) atoms. The molecule has 1 aromatic rings. The van der Waals surface area contributed by atoms with E-state index in [9.17, 15) is 14.4 Å². The van der Waals surface area contributed by atoms with Gasteiger partial charge in [-0.25, -0.2) is 4.79 Å². The number of carbonyl (C=O) groups excluding carboxylic acids is 3. The summed E-state index contributed by atoms with van der Waals surface area (Å²) in [4.78, 5) is 36.5. The third-order valence-electron chi connectivity index (χ3n) is 3.03. The molecule has 1 aromatic carbocycles. The second kappa shape index (κ2) is 10.9. The number of nitrogens with zero attached hydrogens (tertiary/aromatic N) is 1. The van der Waals surface area contributed by atoms with Crippen molar-refractivity contribution in [2.75, 3.05) is 44.9 Å². The molecular formula is C17H23NO7. The van der Waals surface area contributed by atoms with Gasteiger partial charge < -0.3 is 23.8 Å². The molecule has 0 amide bonds. The molecule has 0 N–H and O–H groups in total. The predicted octanol–water partition coefficient (Wildman–Crippen LogP) is 1.17. The second-order valence-electron chi connectivity index (χ2n) is 4.80. The monoisotopic (exact) mass is 353 g/mol. The lowest BCUT2D eigenvalue weighted by atomic mass is 10.2.